The van der Waals surface area contributed by atoms with E-state index in [9.17, 15) is 24.5 Å². The molecule has 0 unspecified atom stereocenters. The summed E-state index contributed by atoms with van der Waals surface area (Å²) < 4.78 is 4.92. The fourth-order valence-corrected chi connectivity index (χ4v) is 2.73. The number of Topliss-reactive ketones (excluding diaryl/α,β-unsaturated/α-hetero) is 1. The molecule has 1 heterocycles. The third kappa shape index (κ3) is 3.47. The fraction of sp³-hybridized carbons (Fsp3) is 0.235. The number of hydrogen-bond acceptors (Lipinski definition) is 6. The molecule has 0 saturated carbocycles. The number of aromatic nitrogens is 1. The number of nitrogens with one attached hydrogen (secondary N) is 1. The SMILES string of the molecule is O=C(COC(=O)c1cc2c([nH]c1=O)CCC2)c1ccc([N+](=O)[O-])cc1. The average molecular weight is 342 g/mol. The molecule has 0 saturated heterocycles. The highest BCUT2D eigenvalue weighted by molar-refractivity contribution is 5.99. The number of carbonyl (C=O) groups excluding carboxylic acids is 2. The molecule has 0 aliphatic heterocycles. The number of hydrogen-bond donors (Lipinski definition) is 1. The van der Waals surface area contributed by atoms with Crippen molar-refractivity contribution in [2.45, 2.75) is 19.3 Å². The first kappa shape index (κ1) is 16.6. The molecule has 0 atom stereocenters. The van der Waals surface area contributed by atoms with Crippen molar-refractivity contribution in [2.75, 3.05) is 6.61 Å². The van der Waals surface area contributed by atoms with Crippen molar-refractivity contribution >= 4 is 17.4 Å². The molecule has 1 aliphatic rings. The molecule has 25 heavy (non-hydrogen) atoms. The van der Waals surface area contributed by atoms with Crippen LogP contribution >= 0.6 is 0 Å². The van der Waals surface area contributed by atoms with Crippen LogP contribution in [0.3, 0.4) is 0 Å². The number of carbonyl (C=O) groups is 2. The number of H-pyrrole nitrogens is 1. The molecule has 8 heteroatoms. The maximum Gasteiger partial charge on any atom is 0.344 e. The monoisotopic (exact) mass is 342 g/mol. The van der Waals surface area contributed by atoms with Gasteiger partial charge in [0.2, 0.25) is 0 Å². The van der Waals surface area contributed by atoms with Crippen molar-refractivity contribution in [3.63, 3.8) is 0 Å². The highest BCUT2D eigenvalue weighted by Gasteiger charge is 2.20. The molecule has 0 fully saturated rings. The molecule has 0 bridgehead atoms. The van der Waals surface area contributed by atoms with Gasteiger partial charge < -0.3 is 9.72 Å². The van der Waals surface area contributed by atoms with Crippen LogP contribution in [-0.4, -0.2) is 28.3 Å². The topological polar surface area (TPSA) is 119 Å². The smallest absolute Gasteiger partial charge is 0.344 e. The Morgan fingerprint density at radius 3 is 2.60 bits per heavy atom. The van der Waals surface area contributed by atoms with Gasteiger partial charge in [0, 0.05) is 23.4 Å². The quantitative estimate of drug-likeness (QED) is 0.383. The van der Waals surface area contributed by atoms with Gasteiger partial charge in [-0.25, -0.2) is 4.79 Å². The Kier molecular flexibility index (Phi) is 4.42. The normalized spacial score (nSPS) is 12.5. The Labute approximate surface area is 141 Å². The number of nitrogens with zero attached hydrogens (tertiary/aromatic N) is 1. The van der Waals surface area contributed by atoms with Gasteiger partial charge in [0.25, 0.3) is 11.2 Å². The van der Waals surface area contributed by atoms with Crippen molar-refractivity contribution in [3.8, 4) is 0 Å². The molecule has 1 N–H and O–H groups in total. The van der Waals surface area contributed by atoms with Gasteiger partial charge in [-0.05, 0) is 43.0 Å². The average Bonchev–Trinajstić information content (AvgIpc) is 3.05. The molecule has 8 nitrogen and oxygen atoms in total. The summed E-state index contributed by atoms with van der Waals surface area (Å²) in [7, 11) is 0. The largest absolute Gasteiger partial charge is 0.454 e. The predicted octanol–water partition coefficient (Wildman–Crippen LogP) is 1.81. The van der Waals surface area contributed by atoms with Crippen molar-refractivity contribution in [3.05, 3.63) is 73.2 Å². The van der Waals surface area contributed by atoms with Crippen LogP contribution in [0.15, 0.2) is 35.1 Å². The van der Waals surface area contributed by atoms with E-state index in [1.165, 1.54) is 30.3 Å². The van der Waals surface area contributed by atoms with Crippen LogP contribution in [0.4, 0.5) is 5.69 Å². The highest BCUT2D eigenvalue weighted by Crippen LogP contribution is 2.19. The van der Waals surface area contributed by atoms with E-state index in [0.29, 0.717) is 0 Å². The molecule has 2 aromatic rings. The van der Waals surface area contributed by atoms with Crippen LogP contribution < -0.4 is 5.56 Å². The Morgan fingerprint density at radius 2 is 1.92 bits per heavy atom. The second-order valence-electron chi connectivity index (χ2n) is 5.67. The minimum absolute atomic E-state index is 0.128. The zero-order valence-electron chi connectivity index (χ0n) is 13.1. The van der Waals surface area contributed by atoms with Crippen LogP contribution in [0.25, 0.3) is 0 Å². The number of nitro groups is 1. The lowest BCUT2D eigenvalue weighted by molar-refractivity contribution is -0.384. The highest BCUT2D eigenvalue weighted by atomic mass is 16.6. The number of aryl methyl sites for hydroxylation is 2. The molecule has 0 spiro atoms. The molecule has 1 aromatic carbocycles. The third-order valence-electron chi connectivity index (χ3n) is 4.04. The van der Waals surface area contributed by atoms with Gasteiger partial charge >= 0.3 is 5.97 Å². The van der Waals surface area contributed by atoms with Gasteiger partial charge in [0.15, 0.2) is 12.4 Å². The van der Waals surface area contributed by atoms with Crippen molar-refractivity contribution < 1.29 is 19.2 Å². The zero-order valence-corrected chi connectivity index (χ0v) is 13.1. The summed E-state index contributed by atoms with van der Waals surface area (Å²) in [6, 6.07) is 6.48. The minimum atomic E-state index is -0.869. The zero-order chi connectivity index (χ0) is 18.0. The maximum absolute atomic E-state index is 12.1. The number of aromatic amines is 1. The van der Waals surface area contributed by atoms with Gasteiger partial charge in [-0.15, -0.1) is 0 Å². The first-order chi connectivity index (χ1) is 12.0. The Balaban J connectivity index is 1.67. The molecule has 0 radical (unpaired) electrons. The van der Waals surface area contributed by atoms with E-state index < -0.39 is 28.8 Å². The fourth-order valence-electron chi connectivity index (χ4n) is 2.73. The summed E-state index contributed by atoms with van der Waals surface area (Å²) in [6.45, 7) is -0.548. The Hall–Kier alpha value is -3.29. The van der Waals surface area contributed by atoms with Gasteiger partial charge in [-0.2, -0.15) is 0 Å². The second kappa shape index (κ2) is 6.68. The Bertz CT molecular complexity index is 914. The third-order valence-corrected chi connectivity index (χ3v) is 4.04. The number of nitro benzene ring substituents is 1. The maximum atomic E-state index is 12.1. The summed E-state index contributed by atoms with van der Waals surface area (Å²) in [5.41, 5.74) is 1.13. The summed E-state index contributed by atoms with van der Waals surface area (Å²) in [5, 5.41) is 10.6. The van der Waals surface area contributed by atoms with Crippen LogP contribution in [0, 0.1) is 10.1 Å². The molecule has 128 valence electrons. The van der Waals surface area contributed by atoms with Crippen molar-refractivity contribution in [1.82, 2.24) is 4.98 Å². The summed E-state index contributed by atoms with van der Waals surface area (Å²) in [6.07, 6.45) is 2.48. The lowest BCUT2D eigenvalue weighted by Gasteiger charge is -2.06. The number of ether oxygens (including phenoxy) is 1. The van der Waals surface area contributed by atoms with Gasteiger partial charge in [-0.3, -0.25) is 19.7 Å². The second-order valence-corrected chi connectivity index (χ2v) is 5.67. The predicted molar refractivity (Wildman–Crippen MR) is 86.8 cm³/mol. The van der Waals surface area contributed by atoms with Gasteiger partial charge in [0.1, 0.15) is 5.56 Å². The molecule has 3 rings (SSSR count). The number of fused-ring (bicyclic) bond motifs is 1. The number of non-ortho nitro benzene ring substituents is 1. The molecule has 1 aliphatic carbocycles. The molecule has 0 amide bonds. The molecular weight excluding hydrogens is 328 g/mol. The van der Waals surface area contributed by atoms with Gasteiger partial charge in [-0.1, -0.05) is 0 Å². The van der Waals surface area contributed by atoms with Crippen LogP contribution in [0.5, 0.6) is 0 Å². The van der Waals surface area contributed by atoms with E-state index in [2.05, 4.69) is 4.98 Å². The summed E-state index contributed by atoms with van der Waals surface area (Å²) >= 11 is 0. The summed E-state index contributed by atoms with van der Waals surface area (Å²) in [5.74, 6) is -1.38. The van der Waals surface area contributed by atoms with E-state index in [1.807, 2.05) is 0 Å². The van der Waals surface area contributed by atoms with Crippen LogP contribution in [0.1, 0.15) is 38.4 Å². The number of ketones is 1. The minimum Gasteiger partial charge on any atom is -0.454 e. The summed E-state index contributed by atoms with van der Waals surface area (Å²) in [4.78, 5) is 48.7. The van der Waals surface area contributed by atoms with E-state index in [0.717, 1.165) is 30.5 Å². The van der Waals surface area contributed by atoms with Crippen LogP contribution in [0.2, 0.25) is 0 Å². The Morgan fingerprint density at radius 1 is 1.20 bits per heavy atom. The number of pyridine rings is 1. The molecule has 1 aromatic heterocycles. The van der Waals surface area contributed by atoms with Crippen molar-refractivity contribution in [2.24, 2.45) is 0 Å². The lowest BCUT2D eigenvalue weighted by atomic mass is 10.1. The van der Waals surface area contributed by atoms with E-state index >= 15 is 0 Å². The number of esters is 1. The van der Waals surface area contributed by atoms with Crippen molar-refractivity contribution in [1.29, 1.82) is 0 Å². The molecular formula is C17H14N2O6. The standard InChI is InChI=1S/C17H14N2O6/c20-15(10-4-6-12(7-5-10)19(23)24)9-25-17(22)13-8-11-2-1-3-14(11)18-16(13)21/h4-8H,1-3,9H2,(H,18,21). The first-order valence-electron chi connectivity index (χ1n) is 7.65. The number of benzene rings is 1. The van der Waals surface area contributed by atoms with Crippen LogP contribution in [-0.2, 0) is 17.6 Å². The van der Waals surface area contributed by atoms with E-state index in [4.69, 9.17) is 4.74 Å². The van der Waals surface area contributed by atoms with Gasteiger partial charge in [0.05, 0.1) is 4.92 Å². The first-order valence-corrected chi connectivity index (χ1v) is 7.65. The van der Waals surface area contributed by atoms with E-state index in [1.54, 1.807) is 0 Å². The lowest BCUT2D eigenvalue weighted by Crippen LogP contribution is -2.23. The number of rotatable bonds is 5. The van der Waals surface area contributed by atoms with E-state index in [-0.39, 0.29) is 16.8 Å².